The van der Waals surface area contributed by atoms with Crippen molar-refractivity contribution in [1.29, 1.82) is 0 Å². The van der Waals surface area contributed by atoms with Crippen molar-refractivity contribution in [1.82, 2.24) is 5.32 Å². The average Bonchev–Trinajstić information content (AvgIpc) is 2.65. The molecule has 1 fully saturated rings. The maximum Gasteiger partial charge on any atom is 0.394 e. The molecule has 1 aliphatic rings. The molecule has 0 spiro atoms. The van der Waals surface area contributed by atoms with Gasteiger partial charge in [-0.05, 0) is 25.8 Å². The number of hydrogen-bond acceptors (Lipinski definition) is 1. The number of rotatable bonds is 4. The van der Waals surface area contributed by atoms with Crippen molar-refractivity contribution < 1.29 is 13.2 Å². The first-order valence-corrected chi connectivity index (χ1v) is 4.67. The molecule has 0 unspecified atom stereocenters. The van der Waals surface area contributed by atoms with Crippen molar-refractivity contribution >= 4 is 0 Å². The highest BCUT2D eigenvalue weighted by Gasteiger charge is 2.62. The Balaban J connectivity index is 2.29. The van der Waals surface area contributed by atoms with E-state index in [2.05, 4.69) is 5.32 Å². The summed E-state index contributed by atoms with van der Waals surface area (Å²) in [6.45, 7) is 4.34. The molecule has 0 amide bonds. The third-order valence-electron chi connectivity index (χ3n) is 2.61. The standard InChI is InChI=1S/C9H16F3N/c1-7(2)13-6-5-8(3-4-8)9(10,11)12/h7,13H,3-6H2,1-2H3. The van der Waals surface area contributed by atoms with Crippen molar-refractivity contribution in [3.63, 3.8) is 0 Å². The van der Waals surface area contributed by atoms with E-state index in [1.54, 1.807) is 0 Å². The summed E-state index contributed by atoms with van der Waals surface area (Å²) in [6, 6.07) is 0.268. The predicted molar refractivity (Wildman–Crippen MR) is 45.5 cm³/mol. The van der Waals surface area contributed by atoms with E-state index < -0.39 is 11.6 Å². The summed E-state index contributed by atoms with van der Waals surface area (Å²) in [5, 5.41) is 3.01. The van der Waals surface area contributed by atoms with Crippen LogP contribution in [0.4, 0.5) is 13.2 Å². The van der Waals surface area contributed by atoms with Gasteiger partial charge in [-0.3, -0.25) is 0 Å². The van der Waals surface area contributed by atoms with E-state index in [1.165, 1.54) is 0 Å². The molecule has 0 aromatic carbocycles. The minimum absolute atomic E-state index is 0.231. The van der Waals surface area contributed by atoms with Gasteiger partial charge in [-0.2, -0.15) is 13.2 Å². The fraction of sp³-hybridized carbons (Fsp3) is 1.00. The molecule has 0 bridgehead atoms. The van der Waals surface area contributed by atoms with Crippen LogP contribution in [0.25, 0.3) is 0 Å². The molecule has 13 heavy (non-hydrogen) atoms. The summed E-state index contributed by atoms with van der Waals surface area (Å²) in [4.78, 5) is 0. The summed E-state index contributed by atoms with van der Waals surface area (Å²) in [6.07, 6.45) is -3.13. The molecule has 0 saturated heterocycles. The molecule has 0 radical (unpaired) electrons. The number of alkyl halides is 3. The first-order valence-electron chi connectivity index (χ1n) is 4.67. The topological polar surface area (TPSA) is 12.0 Å². The summed E-state index contributed by atoms with van der Waals surface area (Å²) in [5.74, 6) is 0. The Morgan fingerprint density at radius 1 is 1.31 bits per heavy atom. The molecule has 0 aromatic heterocycles. The van der Waals surface area contributed by atoms with Gasteiger partial charge in [0.2, 0.25) is 0 Å². The lowest BCUT2D eigenvalue weighted by Gasteiger charge is -2.19. The molecule has 1 saturated carbocycles. The SMILES string of the molecule is CC(C)NCCC1(C(F)(F)F)CC1. The van der Waals surface area contributed by atoms with Crippen LogP contribution >= 0.6 is 0 Å². The third-order valence-corrected chi connectivity index (χ3v) is 2.61. The van der Waals surface area contributed by atoms with E-state index in [4.69, 9.17) is 0 Å². The maximum absolute atomic E-state index is 12.4. The number of halogens is 3. The Bertz CT molecular complexity index is 170. The maximum atomic E-state index is 12.4. The van der Waals surface area contributed by atoms with Crippen molar-refractivity contribution in [3.05, 3.63) is 0 Å². The second kappa shape index (κ2) is 3.48. The molecule has 0 aliphatic heterocycles. The van der Waals surface area contributed by atoms with Crippen LogP contribution in [0.2, 0.25) is 0 Å². The first-order chi connectivity index (χ1) is 5.87. The lowest BCUT2D eigenvalue weighted by atomic mass is 10.0. The predicted octanol–water partition coefficient (Wildman–Crippen LogP) is 2.72. The van der Waals surface area contributed by atoms with E-state index >= 15 is 0 Å². The summed E-state index contributed by atoms with van der Waals surface area (Å²) in [5.41, 5.74) is -1.34. The van der Waals surface area contributed by atoms with Crippen LogP contribution in [0.15, 0.2) is 0 Å². The van der Waals surface area contributed by atoms with Crippen molar-refractivity contribution in [2.45, 2.75) is 45.3 Å². The quantitative estimate of drug-likeness (QED) is 0.727. The van der Waals surface area contributed by atoms with Crippen molar-refractivity contribution in [2.75, 3.05) is 6.54 Å². The van der Waals surface area contributed by atoms with Gasteiger partial charge in [0.1, 0.15) is 0 Å². The van der Waals surface area contributed by atoms with Gasteiger partial charge in [-0.25, -0.2) is 0 Å². The van der Waals surface area contributed by atoms with Gasteiger partial charge in [0, 0.05) is 6.04 Å². The number of nitrogens with one attached hydrogen (secondary N) is 1. The minimum Gasteiger partial charge on any atom is -0.315 e. The van der Waals surface area contributed by atoms with Crippen LogP contribution in [0, 0.1) is 5.41 Å². The highest BCUT2D eigenvalue weighted by Crippen LogP contribution is 2.59. The molecular weight excluding hydrogens is 179 g/mol. The highest BCUT2D eigenvalue weighted by molar-refractivity contribution is 4.99. The Kier molecular flexibility index (Phi) is 2.90. The van der Waals surface area contributed by atoms with Crippen molar-refractivity contribution in [3.8, 4) is 0 Å². The normalized spacial score (nSPS) is 20.8. The smallest absolute Gasteiger partial charge is 0.315 e. The van der Waals surface area contributed by atoms with Gasteiger partial charge in [-0.15, -0.1) is 0 Å². The van der Waals surface area contributed by atoms with Crippen LogP contribution < -0.4 is 5.32 Å². The van der Waals surface area contributed by atoms with Crippen LogP contribution in [-0.4, -0.2) is 18.8 Å². The average molecular weight is 195 g/mol. The molecule has 78 valence electrons. The molecule has 4 heteroatoms. The second-order valence-corrected chi connectivity index (χ2v) is 4.14. The molecule has 1 N–H and O–H groups in total. The Labute approximate surface area is 76.7 Å². The van der Waals surface area contributed by atoms with Crippen molar-refractivity contribution in [2.24, 2.45) is 5.41 Å². The molecule has 0 aromatic rings. The minimum atomic E-state index is -3.99. The van der Waals surface area contributed by atoms with E-state index in [0.29, 0.717) is 19.4 Å². The van der Waals surface area contributed by atoms with E-state index in [-0.39, 0.29) is 12.5 Å². The third kappa shape index (κ3) is 2.59. The zero-order valence-electron chi connectivity index (χ0n) is 8.04. The lowest BCUT2D eigenvalue weighted by molar-refractivity contribution is -0.188. The van der Waals surface area contributed by atoms with Crippen LogP contribution in [-0.2, 0) is 0 Å². The monoisotopic (exact) mass is 195 g/mol. The molecule has 0 atom stereocenters. The van der Waals surface area contributed by atoms with Gasteiger partial charge < -0.3 is 5.32 Å². The van der Waals surface area contributed by atoms with Gasteiger partial charge in [0.25, 0.3) is 0 Å². The van der Waals surface area contributed by atoms with Gasteiger partial charge in [-0.1, -0.05) is 13.8 Å². The molecule has 1 aliphatic carbocycles. The zero-order valence-corrected chi connectivity index (χ0v) is 8.04. The summed E-state index contributed by atoms with van der Waals surface area (Å²) in [7, 11) is 0. The second-order valence-electron chi connectivity index (χ2n) is 4.14. The lowest BCUT2D eigenvalue weighted by Crippen LogP contribution is -2.31. The zero-order chi connectivity index (χ0) is 10.1. The Morgan fingerprint density at radius 2 is 1.85 bits per heavy atom. The van der Waals surface area contributed by atoms with Gasteiger partial charge in [0.05, 0.1) is 5.41 Å². The largest absolute Gasteiger partial charge is 0.394 e. The van der Waals surface area contributed by atoms with Crippen LogP contribution in [0.5, 0.6) is 0 Å². The van der Waals surface area contributed by atoms with Crippen LogP contribution in [0.3, 0.4) is 0 Å². The molecular formula is C9H16F3N. The Hall–Kier alpha value is -0.250. The van der Waals surface area contributed by atoms with Crippen LogP contribution in [0.1, 0.15) is 33.1 Å². The molecule has 0 heterocycles. The van der Waals surface area contributed by atoms with E-state index in [9.17, 15) is 13.2 Å². The Morgan fingerprint density at radius 3 is 2.15 bits per heavy atom. The fourth-order valence-electron chi connectivity index (χ4n) is 1.43. The summed E-state index contributed by atoms with van der Waals surface area (Å²) < 4.78 is 37.2. The highest BCUT2D eigenvalue weighted by atomic mass is 19.4. The fourth-order valence-corrected chi connectivity index (χ4v) is 1.43. The van der Waals surface area contributed by atoms with E-state index in [0.717, 1.165) is 0 Å². The van der Waals surface area contributed by atoms with Gasteiger partial charge >= 0.3 is 6.18 Å². The molecule has 1 rings (SSSR count). The summed E-state index contributed by atoms with van der Waals surface area (Å²) >= 11 is 0. The van der Waals surface area contributed by atoms with Gasteiger partial charge in [0.15, 0.2) is 0 Å². The van der Waals surface area contributed by atoms with E-state index in [1.807, 2.05) is 13.8 Å². The first kappa shape index (κ1) is 10.8. The number of hydrogen-bond donors (Lipinski definition) is 1. The molecule has 1 nitrogen and oxygen atoms in total.